The number of primary amides is 1. The van der Waals surface area contributed by atoms with Gasteiger partial charge in [0.15, 0.2) is 6.29 Å². The van der Waals surface area contributed by atoms with Crippen LogP contribution in [0.15, 0.2) is 12.5 Å². The molecule has 1 amide bonds. The normalized spacial score (nSPS) is 9.67. The zero-order valence-electron chi connectivity index (χ0n) is 6.43. The van der Waals surface area contributed by atoms with E-state index >= 15 is 0 Å². The lowest BCUT2D eigenvalue weighted by Crippen LogP contribution is -2.13. The molecule has 1 aromatic heterocycles. The molecule has 0 unspecified atom stereocenters. The quantitative estimate of drug-likeness (QED) is 0.618. The highest BCUT2D eigenvalue weighted by Crippen LogP contribution is 1.94. The van der Waals surface area contributed by atoms with Crippen LogP contribution >= 0.6 is 0 Å². The van der Waals surface area contributed by atoms with E-state index < -0.39 is 0 Å². The molecule has 0 saturated carbocycles. The fourth-order valence-electron chi connectivity index (χ4n) is 0.800. The molecule has 1 rings (SSSR count). The first-order chi connectivity index (χ1) is 5.72. The van der Waals surface area contributed by atoms with Crippen molar-refractivity contribution in [3.8, 4) is 0 Å². The fraction of sp³-hybridized carbons (Fsp3) is 0.286. The van der Waals surface area contributed by atoms with Crippen molar-refractivity contribution in [1.29, 1.82) is 0 Å². The van der Waals surface area contributed by atoms with Gasteiger partial charge in [0.05, 0.1) is 6.33 Å². The van der Waals surface area contributed by atoms with Gasteiger partial charge in [0.1, 0.15) is 5.69 Å². The monoisotopic (exact) mass is 167 g/mol. The van der Waals surface area contributed by atoms with Crippen molar-refractivity contribution in [1.82, 2.24) is 9.55 Å². The minimum atomic E-state index is -0.364. The Labute approximate surface area is 69.2 Å². The second-order valence-corrected chi connectivity index (χ2v) is 2.37. The summed E-state index contributed by atoms with van der Waals surface area (Å²) in [4.78, 5) is 24.3. The van der Waals surface area contributed by atoms with Gasteiger partial charge in [-0.2, -0.15) is 0 Å². The molecule has 0 spiro atoms. The summed E-state index contributed by atoms with van der Waals surface area (Å²) in [6.07, 6.45) is 3.97. The second-order valence-electron chi connectivity index (χ2n) is 2.37. The highest BCUT2D eigenvalue weighted by atomic mass is 16.1. The number of carbonyl (C=O) groups is 2. The highest BCUT2D eigenvalue weighted by molar-refractivity contribution is 5.73. The first-order valence-electron chi connectivity index (χ1n) is 3.47. The van der Waals surface area contributed by atoms with E-state index in [1.807, 2.05) is 0 Å². The average Bonchev–Trinajstić information content (AvgIpc) is 2.48. The van der Waals surface area contributed by atoms with Crippen LogP contribution in [0.25, 0.3) is 0 Å². The summed E-state index contributed by atoms with van der Waals surface area (Å²) in [6, 6.07) is 0. The number of carbonyl (C=O) groups excluding carboxylic acids is 2. The largest absolute Gasteiger partial charge is 0.370 e. The minimum Gasteiger partial charge on any atom is -0.370 e. The first-order valence-corrected chi connectivity index (χ1v) is 3.47. The standard InChI is InChI=1S/C7H9N3O2/c8-7(12)1-2-10-3-6(4-11)9-5-10/h3-5H,1-2H2,(H2,8,12). The summed E-state index contributed by atoms with van der Waals surface area (Å²) in [5.41, 5.74) is 5.30. The molecule has 1 aromatic rings. The number of hydrogen-bond acceptors (Lipinski definition) is 3. The van der Waals surface area contributed by atoms with Gasteiger partial charge in [0.25, 0.3) is 0 Å². The van der Waals surface area contributed by atoms with Crippen LogP contribution in [0.3, 0.4) is 0 Å². The van der Waals surface area contributed by atoms with Crippen molar-refractivity contribution in [3.05, 3.63) is 18.2 Å². The van der Waals surface area contributed by atoms with Crippen molar-refractivity contribution in [2.75, 3.05) is 0 Å². The number of aromatic nitrogens is 2. The molecule has 0 atom stereocenters. The van der Waals surface area contributed by atoms with E-state index in [0.29, 0.717) is 18.5 Å². The Morgan fingerprint density at radius 3 is 3.00 bits per heavy atom. The molecule has 0 aromatic carbocycles. The Morgan fingerprint density at radius 2 is 2.50 bits per heavy atom. The third-order valence-corrected chi connectivity index (χ3v) is 1.39. The van der Waals surface area contributed by atoms with Crippen LogP contribution in [0.1, 0.15) is 16.9 Å². The van der Waals surface area contributed by atoms with Gasteiger partial charge in [0, 0.05) is 19.2 Å². The lowest BCUT2D eigenvalue weighted by atomic mass is 10.4. The van der Waals surface area contributed by atoms with E-state index in [1.54, 1.807) is 10.8 Å². The summed E-state index contributed by atoms with van der Waals surface area (Å²) in [6.45, 7) is 0.468. The SMILES string of the molecule is NC(=O)CCn1cnc(C=O)c1. The van der Waals surface area contributed by atoms with Crippen LogP contribution in [0.5, 0.6) is 0 Å². The number of hydrogen-bond donors (Lipinski definition) is 1. The summed E-state index contributed by atoms with van der Waals surface area (Å²) in [7, 11) is 0. The Kier molecular flexibility index (Phi) is 2.57. The molecule has 12 heavy (non-hydrogen) atoms. The molecule has 0 aliphatic carbocycles. The third-order valence-electron chi connectivity index (χ3n) is 1.39. The number of amides is 1. The van der Waals surface area contributed by atoms with Gasteiger partial charge in [-0.15, -0.1) is 0 Å². The topological polar surface area (TPSA) is 78.0 Å². The Morgan fingerprint density at radius 1 is 1.75 bits per heavy atom. The van der Waals surface area contributed by atoms with E-state index in [9.17, 15) is 9.59 Å². The molecule has 2 N–H and O–H groups in total. The van der Waals surface area contributed by atoms with Gasteiger partial charge < -0.3 is 10.3 Å². The molecule has 0 aliphatic rings. The summed E-state index contributed by atoms with van der Waals surface area (Å²) in [5.74, 6) is -0.364. The van der Waals surface area contributed by atoms with Crippen LogP contribution in [-0.4, -0.2) is 21.7 Å². The van der Waals surface area contributed by atoms with Crippen molar-refractivity contribution >= 4 is 12.2 Å². The van der Waals surface area contributed by atoms with Gasteiger partial charge in [-0.1, -0.05) is 0 Å². The molecule has 0 aliphatic heterocycles. The number of nitrogens with zero attached hydrogens (tertiary/aromatic N) is 2. The van der Waals surface area contributed by atoms with Gasteiger partial charge >= 0.3 is 0 Å². The van der Waals surface area contributed by atoms with Crippen molar-refractivity contribution in [2.24, 2.45) is 5.73 Å². The van der Waals surface area contributed by atoms with Crippen LogP contribution in [0, 0.1) is 0 Å². The summed E-state index contributed by atoms with van der Waals surface area (Å²) in [5, 5.41) is 0. The van der Waals surface area contributed by atoms with E-state index in [-0.39, 0.29) is 12.3 Å². The minimum absolute atomic E-state index is 0.259. The molecular formula is C7H9N3O2. The molecule has 1 heterocycles. The fourth-order valence-corrected chi connectivity index (χ4v) is 0.800. The molecule has 0 radical (unpaired) electrons. The van der Waals surface area contributed by atoms with Crippen molar-refractivity contribution in [3.63, 3.8) is 0 Å². The molecule has 0 fully saturated rings. The van der Waals surface area contributed by atoms with Gasteiger partial charge in [0.2, 0.25) is 5.91 Å². The van der Waals surface area contributed by atoms with Crippen LogP contribution in [0.4, 0.5) is 0 Å². The van der Waals surface area contributed by atoms with Gasteiger partial charge in [-0.05, 0) is 0 Å². The number of imidazole rings is 1. The number of aldehydes is 1. The zero-order valence-corrected chi connectivity index (χ0v) is 6.43. The van der Waals surface area contributed by atoms with Crippen molar-refractivity contribution in [2.45, 2.75) is 13.0 Å². The maximum Gasteiger partial charge on any atom is 0.219 e. The smallest absolute Gasteiger partial charge is 0.219 e. The molecule has 0 bridgehead atoms. The number of aryl methyl sites for hydroxylation is 1. The maximum atomic E-state index is 10.4. The lowest BCUT2D eigenvalue weighted by Gasteiger charge is -1.96. The lowest BCUT2D eigenvalue weighted by molar-refractivity contribution is -0.118. The third kappa shape index (κ3) is 2.19. The number of nitrogens with two attached hydrogens (primary N) is 1. The molecule has 5 nitrogen and oxygen atoms in total. The zero-order chi connectivity index (χ0) is 8.97. The van der Waals surface area contributed by atoms with Crippen LogP contribution in [0.2, 0.25) is 0 Å². The van der Waals surface area contributed by atoms with Crippen molar-refractivity contribution < 1.29 is 9.59 Å². The summed E-state index contributed by atoms with van der Waals surface area (Å²) >= 11 is 0. The van der Waals surface area contributed by atoms with E-state index in [2.05, 4.69) is 4.98 Å². The molecule has 5 heteroatoms. The molecular weight excluding hydrogens is 158 g/mol. The summed E-state index contributed by atoms with van der Waals surface area (Å²) < 4.78 is 1.65. The predicted molar refractivity (Wildman–Crippen MR) is 41.4 cm³/mol. The Bertz CT molecular complexity index is 293. The van der Waals surface area contributed by atoms with Crippen LogP contribution < -0.4 is 5.73 Å². The predicted octanol–water partition coefficient (Wildman–Crippen LogP) is -0.429. The van der Waals surface area contributed by atoms with Gasteiger partial charge in [-0.3, -0.25) is 9.59 Å². The highest BCUT2D eigenvalue weighted by Gasteiger charge is 1.98. The number of rotatable bonds is 4. The Hall–Kier alpha value is -1.65. The van der Waals surface area contributed by atoms with E-state index in [4.69, 9.17) is 5.73 Å². The average molecular weight is 167 g/mol. The molecule has 0 saturated heterocycles. The maximum absolute atomic E-state index is 10.4. The second kappa shape index (κ2) is 3.66. The van der Waals surface area contributed by atoms with Crippen LogP contribution in [-0.2, 0) is 11.3 Å². The van der Waals surface area contributed by atoms with E-state index in [0.717, 1.165) is 0 Å². The molecule has 64 valence electrons. The first kappa shape index (κ1) is 8.45. The Balaban J connectivity index is 2.52. The van der Waals surface area contributed by atoms with E-state index in [1.165, 1.54) is 6.33 Å². The van der Waals surface area contributed by atoms with Gasteiger partial charge in [-0.25, -0.2) is 4.98 Å².